The fourth-order valence-electron chi connectivity index (χ4n) is 1.73. The van der Waals surface area contributed by atoms with Crippen LogP contribution in [0.5, 0.6) is 0 Å². The zero-order chi connectivity index (χ0) is 14.5. The average Bonchev–Trinajstić information content (AvgIpc) is 2.45. The first kappa shape index (κ1) is 14.7. The van der Waals surface area contributed by atoms with E-state index in [2.05, 4.69) is 22.3 Å². The second-order valence-corrected chi connectivity index (χ2v) is 5.43. The number of nitrogens with two attached hydrogens (primary N) is 1. The lowest BCUT2D eigenvalue weighted by Crippen LogP contribution is -2.13. The highest BCUT2D eigenvalue weighted by Gasteiger charge is 2.11. The van der Waals surface area contributed by atoms with Crippen LogP contribution >= 0.6 is 11.8 Å². The molecule has 106 valence electrons. The molecule has 6 heteroatoms. The number of halogens is 1. The normalized spacial score (nSPS) is 10.6. The molecule has 0 atom stereocenters. The predicted molar refractivity (Wildman–Crippen MR) is 79.1 cm³/mol. The van der Waals surface area contributed by atoms with Crippen LogP contribution in [0.4, 0.5) is 10.2 Å². The molecule has 0 aliphatic rings. The second kappa shape index (κ2) is 6.67. The molecule has 0 aliphatic heterocycles. The molecular formula is C14H17FN4S. The van der Waals surface area contributed by atoms with Gasteiger partial charge in [-0.3, -0.25) is 0 Å². The number of benzene rings is 1. The summed E-state index contributed by atoms with van der Waals surface area (Å²) in [4.78, 5) is 9.86. The Labute approximate surface area is 122 Å². The number of hydrogen-bond donors (Lipinski definition) is 2. The fourth-order valence-corrected chi connectivity index (χ4v) is 2.63. The van der Waals surface area contributed by atoms with Gasteiger partial charge in [-0.15, -0.1) is 0 Å². The topological polar surface area (TPSA) is 63.8 Å². The smallest absolute Gasteiger partial charge is 0.147 e. The summed E-state index contributed by atoms with van der Waals surface area (Å²) in [6.07, 6.45) is 1.76. The SMILES string of the molecule is CCCc1nc(NN)c(C)c(Sc2ccc(F)cc2)n1. The van der Waals surface area contributed by atoms with Crippen molar-refractivity contribution in [2.75, 3.05) is 5.43 Å². The van der Waals surface area contributed by atoms with Crippen molar-refractivity contribution in [1.29, 1.82) is 0 Å². The summed E-state index contributed by atoms with van der Waals surface area (Å²) in [5, 5.41) is 0.836. The highest BCUT2D eigenvalue weighted by molar-refractivity contribution is 7.99. The zero-order valence-corrected chi connectivity index (χ0v) is 12.3. The summed E-state index contributed by atoms with van der Waals surface area (Å²) in [5.74, 6) is 6.65. The Morgan fingerprint density at radius 3 is 2.55 bits per heavy atom. The second-order valence-electron chi connectivity index (χ2n) is 4.37. The van der Waals surface area contributed by atoms with Gasteiger partial charge in [-0.2, -0.15) is 0 Å². The van der Waals surface area contributed by atoms with Gasteiger partial charge in [-0.25, -0.2) is 20.2 Å². The molecule has 20 heavy (non-hydrogen) atoms. The number of aryl methyl sites for hydroxylation is 1. The number of nitrogen functional groups attached to an aromatic ring is 1. The molecule has 4 nitrogen and oxygen atoms in total. The highest BCUT2D eigenvalue weighted by Crippen LogP contribution is 2.31. The van der Waals surface area contributed by atoms with Gasteiger partial charge < -0.3 is 5.43 Å². The first-order valence-corrected chi connectivity index (χ1v) is 7.23. The largest absolute Gasteiger partial charge is 0.308 e. The Morgan fingerprint density at radius 2 is 1.95 bits per heavy atom. The molecule has 0 saturated carbocycles. The molecule has 1 aromatic heterocycles. The van der Waals surface area contributed by atoms with E-state index in [0.717, 1.165) is 34.2 Å². The van der Waals surface area contributed by atoms with Crippen LogP contribution in [0.25, 0.3) is 0 Å². The van der Waals surface area contributed by atoms with Crippen molar-refractivity contribution in [2.24, 2.45) is 5.84 Å². The molecule has 1 heterocycles. The number of hydrazine groups is 1. The number of aromatic nitrogens is 2. The summed E-state index contributed by atoms with van der Waals surface area (Å²) in [6.45, 7) is 3.99. The van der Waals surface area contributed by atoms with Crippen molar-refractivity contribution >= 4 is 17.6 Å². The number of hydrogen-bond acceptors (Lipinski definition) is 5. The van der Waals surface area contributed by atoms with Gasteiger partial charge in [-0.1, -0.05) is 18.7 Å². The maximum atomic E-state index is 12.9. The maximum Gasteiger partial charge on any atom is 0.147 e. The van der Waals surface area contributed by atoms with E-state index in [4.69, 9.17) is 5.84 Å². The van der Waals surface area contributed by atoms with Crippen LogP contribution in [0, 0.1) is 12.7 Å². The molecule has 0 bridgehead atoms. The van der Waals surface area contributed by atoms with E-state index >= 15 is 0 Å². The van der Waals surface area contributed by atoms with Crippen LogP contribution in [-0.4, -0.2) is 9.97 Å². The van der Waals surface area contributed by atoms with Gasteiger partial charge in [0.25, 0.3) is 0 Å². The predicted octanol–water partition coefficient (Wildman–Crippen LogP) is 3.31. The third kappa shape index (κ3) is 3.46. The monoisotopic (exact) mass is 292 g/mol. The van der Waals surface area contributed by atoms with Gasteiger partial charge >= 0.3 is 0 Å². The highest BCUT2D eigenvalue weighted by atomic mass is 32.2. The third-order valence-corrected chi connectivity index (χ3v) is 3.88. The maximum absolute atomic E-state index is 12.9. The Balaban J connectivity index is 2.33. The van der Waals surface area contributed by atoms with E-state index in [9.17, 15) is 4.39 Å². The molecule has 0 radical (unpaired) electrons. The van der Waals surface area contributed by atoms with E-state index < -0.39 is 0 Å². The lowest BCUT2D eigenvalue weighted by Gasteiger charge is -2.11. The average molecular weight is 292 g/mol. The minimum absolute atomic E-state index is 0.246. The summed E-state index contributed by atoms with van der Waals surface area (Å²) in [7, 11) is 0. The Kier molecular flexibility index (Phi) is 4.92. The molecular weight excluding hydrogens is 275 g/mol. The van der Waals surface area contributed by atoms with Crippen LogP contribution in [0.1, 0.15) is 24.7 Å². The van der Waals surface area contributed by atoms with Gasteiger partial charge in [0, 0.05) is 16.9 Å². The molecule has 2 aromatic rings. The van der Waals surface area contributed by atoms with Crippen molar-refractivity contribution in [3.05, 3.63) is 41.5 Å². The van der Waals surface area contributed by atoms with Gasteiger partial charge in [0.2, 0.25) is 0 Å². The molecule has 0 amide bonds. The quantitative estimate of drug-likeness (QED) is 0.503. The first-order chi connectivity index (χ1) is 9.63. The lowest BCUT2D eigenvalue weighted by molar-refractivity contribution is 0.626. The van der Waals surface area contributed by atoms with Crippen molar-refractivity contribution in [3.63, 3.8) is 0 Å². The number of anilines is 1. The van der Waals surface area contributed by atoms with E-state index in [1.165, 1.54) is 23.9 Å². The Hall–Kier alpha value is -1.66. The number of nitrogens with zero attached hydrogens (tertiary/aromatic N) is 2. The van der Waals surface area contributed by atoms with Crippen LogP contribution in [-0.2, 0) is 6.42 Å². The van der Waals surface area contributed by atoms with Crippen molar-refractivity contribution in [1.82, 2.24) is 9.97 Å². The third-order valence-electron chi connectivity index (χ3n) is 2.79. The van der Waals surface area contributed by atoms with E-state index in [0.29, 0.717) is 5.82 Å². The van der Waals surface area contributed by atoms with Crippen molar-refractivity contribution < 1.29 is 4.39 Å². The summed E-state index contributed by atoms with van der Waals surface area (Å²) in [5.41, 5.74) is 3.50. The molecule has 0 aliphatic carbocycles. The van der Waals surface area contributed by atoms with Crippen LogP contribution in [0.2, 0.25) is 0 Å². The fraction of sp³-hybridized carbons (Fsp3) is 0.286. The van der Waals surface area contributed by atoms with Gasteiger partial charge in [0.1, 0.15) is 22.5 Å². The van der Waals surface area contributed by atoms with Crippen LogP contribution in [0.15, 0.2) is 34.2 Å². The van der Waals surface area contributed by atoms with E-state index in [-0.39, 0.29) is 5.82 Å². The Morgan fingerprint density at radius 1 is 1.25 bits per heavy atom. The van der Waals surface area contributed by atoms with Gasteiger partial charge in [0.05, 0.1) is 0 Å². The minimum atomic E-state index is -0.246. The molecule has 0 unspecified atom stereocenters. The lowest BCUT2D eigenvalue weighted by atomic mass is 10.3. The summed E-state index contributed by atoms with van der Waals surface area (Å²) >= 11 is 1.48. The molecule has 2 rings (SSSR count). The standard InChI is InChI=1S/C14H17FN4S/c1-3-4-12-17-13(19-16)9(2)14(18-12)20-11-7-5-10(15)6-8-11/h5-8H,3-4,16H2,1-2H3,(H,17,18,19). The minimum Gasteiger partial charge on any atom is -0.308 e. The van der Waals surface area contributed by atoms with Crippen LogP contribution in [0.3, 0.4) is 0 Å². The number of nitrogens with one attached hydrogen (secondary N) is 1. The van der Waals surface area contributed by atoms with Gasteiger partial charge in [0.15, 0.2) is 0 Å². The molecule has 1 aromatic carbocycles. The zero-order valence-electron chi connectivity index (χ0n) is 11.5. The molecule has 0 spiro atoms. The van der Waals surface area contributed by atoms with Crippen molar-refractivity contribution in [2.45, 2.75) is 36.6 Å². The Bertz CT molecular complexity index is 586. The number of rotatable bonds is 5. The summed E-state index contributed by atoms with van der Waals surface area (Å²) in [6, 6.07) is 6.34. The molecule has 0 saturated heterocycles. The van der Waals surface area contributed by atoms with Gasteiger partial charge in [-0.05, 0) is 37.6 Å². The van der Waals surface area contributed by atoms with Crippen molar-refractivity contribution in [3.8, 4) is 0 Å². The van der Waals surface area contributed by atoms with E-state index in [1.54, 1.807) is 12.1 Å². The van der Waals surface area contributed by atoms with Crippen LogP contribution < -0.4 is 11.3 Å². The molecule has 3 N–H and O–H groups in total. The summed E-state index contributed by atoms with van der Waals surface area (Å²) < 4.78 is 12.9. The van der Waals surface area contributed by atoms with E-state index in [1.807, 2.05) is 6.92 Å². The first-order valence-electron chi connectivity index (χ1n) is 6.41. The molecule has 0 fully saturated rings.